The Bertz CT molecular complexity index is 647. The summed E-state index contributed by atoms with van der Waals surface area (Å²) in [6.45, 7) is 4.09. The molecule has 3 rings (SSSR count). The van der Waals surface area contributed by atoms with Gasteiger partial charge in [-0.25, -0.2) is 19.9 Å². The van der Waals surface area contributed by atoms with Crippen molar-refractivity contribution in [3.05, 3.63) is 36.2 Å². The molecule has 1 aliphatic rings. The summed E-state index contributed by atoms with van der Waals surface area (Å²) >= 11 is 0. The van der Waals surface area contributed by atoms with Crippen LogP contribution in [0.1, 0.15) is 17.6 Å². The SMILES string of the molecule is Cc1cc(N2CCOC(c3nccc(N(C)C)n3)C2)ncn1. The van der Waals surface area contributed by atoms with E-state index in [1.54, 1.807) is 12.5 Å². The molecule has 3 heterocycles. The van der Waals surface area contributed by atoms with E-state index in [1.807, 2.05) is 38.1 Å². The lowest BCUT2D eigenvalue weighted by Crippen LogP contribution is -2.39. The zero-order valence-corrected chi connectivity index (χ0v) is 13.1. The van der Waals surface area contributed by atoms with Gasteiger partial charge in [-0.1, -0.05) is 0 Å². The van der Waals surface area contributed by atoms with E-state index >= 15 is 0 Å². The fraction of sp³-hybridized carbons (Fsp3) is 0.467. The van der Waals surface area contributed by atoms with Gasteiger partial charge in [-0.15, -0.1) is 0 Å². The Hall–Kier alpha value is -2.28. The number of rotatable bonds is 3. The first-order valence-corrected chi connectivity index (χ1v) is 7.29. The van der Waals surface area contributed by atoms with Gasteiger partial charge in [-0.2, -0.15) is 0 Å². The van der Waals surface area contributed by atoms with Crippen molar-refractivity contribution in [2.75, 3.05) is 43.6 Å². The summed E-state index contributed by atoms with van der Waals surface area (Å²) < 4.78 is 5.85. The van der Waals surface area contributed by atoms with Crippen LogP contribution < -0.4 is 9.80 Å². The molecular formula is C15H20N6O. The first-order chi connectivity index (χ1) is 10.6. The highest BCUT2D eigenvalue weighted by Crippen LogP contribution is 2.23. The molecule has 0 radical (unpaired) electrons. The lowest BCUT2D eigenvalue weighted by molar-refractivity contribution is 0.0338. The third kappa shape index (κ3) is 3.14. The average molecular weight is 300 g/mol. The van der Waals surface area contributed by atoms with E-state index in [9.17, 15) is 0 Å². The van der Waals surface area contributed by atoms with Crippen LogP contribution >= 0.6 is 0 Å². The number of morpholine rings is 1. The topological polar surface area (TPSA) is 67.3 Å². The van der Waals surface area contributed by atoms with Crippen LogP contribution in [0.4, 0.5) is 11.6 Å². The molecule has 1 aliphatic heterocycles. The van der Waals surface area contributed by atoms with Crippen molar-refractivity contribution in [3.8, 4) is 0 Å². The summed E-state index contributed by atoms with van der Waals surface area (Å²) in [5.74, 6) is 2.51. The third-order valence-electron chi connectivity index (χ3n) is 3.59. The van der Waals surface area contributed by atoms with Gasteiger partial charge in [0.15, 0.2) is 5.82 Å². The predicted octanol–water partition coefficient (Wildman–Crippen LogP) is 1.22. The molecule has 1 unspecified atom stereocenters. The number of aryl methyl sites for hydroxylation is 1. The molecule has 7 nitrogen and oxygen atoms in total. The summed E-state index contributed by atoms with van der Waals surface area (Å²) in [6, 6.07) is 3.87. The summed E-state index contributed by atoms with van der Waals surface area (Å²) in [5, 5.41) is 0. The predicted molar refractivity (Wildman–Crippen MR) is 84.0 cm³/mol. The summed E-state index contributed by atoms with van der Waals surface area (Å²) in [6.07, 6.45) is 3.22. The van der Waals surface area contributed by atoms with Gasteiger partial charge >= 0.3 is 0 Å². The molecular weight excluding hydrogens is 280 g/mol. The second kappa shape index (κ2) is 6.23. The van der Waals surface area contributed by atoms with Crippen molar-refractivity contribution in [1.82, 2.24) is 19.9 Å². The number of aromatic nitrogens is 4. The van der Waals surface area contributed by atoms with Crippen LogP contribution in [0.15, 0.2) is 24.7 Å². The highest BCUT2D eigenvalue weighted by atomic mass is 16.5. The second-order valence-corrected chi connectivity index (χ2v) is 5.49. The number of hydrogen-bond donors (Lipinski definition) is 0. The first kappa shape index (κ1) is 14.6. The Kier molecular flexibility index (Phi) is 4.15. The Morgan fingerprint density at radius 2 is 2.14 bits per heavy atom. The van der Waals surface area contributed by atoms with Crippen LogP contribution in [0, 0.1) is 6.92 Å². The molecule has 0 aliphatic carbocycles. The minimum atomic E-state index is -0.149. The molecule has 0 bridgehead atoms. The van der Waals surface area contributed by atoms with Gasteiger partial charge in [0, 0.05) is 38.6 Å². The molecule has 0 aromatic carbocycles. The first-order valence-electron chi connectivity index (χ1n) is 7.29. The maximum Gasteiger partial charge on any atom is 0.161 e. The van der Waals surface area contributed by atoms with Crippen LogP contribution in [0.3, 0.4) is 0 Å². The monoisotopic (exact) mass is 300 g/mol. The number of hydrogen-bond acceptors (Lipinski definition) is 7. The largest absolute Gasteiger partial charge is 0.367 e. The van der Waals surface area contributed by atoms with Crippen molar-refractivity contribution in [2.24, 2.45) is 0 Å². The maximum absolute atomic E-state index is 5.85. The van der Waals surface area contributed by atoms with Gasteiger partial charge in [0.1, 0.15) is 24.1 Å². The van der Waals surface area contributed by atoms with Crippen LogP contribution in [0.25, 0.3) is 0 Å². The molecule has 0 spiro atoms. The number of ether oxygens (including phenoxy) is 1. The lowest BCUT2D eigenvalue weighted by Gasteiger charge is -2.33. The Labute approximate surface area is 130 Å². The van der Waals surface area contributed by atoms with Crippen molar-refractivity contribution in [1.29, 1.82) is 0 Å². The fourth-order valence-corrected chi connectivity index (χ4v) is 2.39. The highest BCUT2D eigenvalue weighted by molar-refractivity contribution is 5.40. The van der Waals surface area contributed by atoms with Crippen LogP contribution in [-0.4, -0.2) is 53.7 Å². The molecule has 1 saturated heterocycles. The average Bonchev–Trinajstić information content (AvgIpc) is 2.55. The van der Waals surface area contributed by atoms with Gasteiger partial charge in [-0.05, 0) is 13.0 Å². The molecule has 7 heteroatoms. The van der Waals surface area contributed by atoms with Crippen molar-refractivity contribution in [2.45, 2.75) is 13.0 Å². The van der Waals surface area contributed by atoms with Gasteiger partial charge in [0.25, 0.3) is 0 Å². The Morgan fingerprint density at radius 1 is 1.27 bits per heavy atom. The molecule has 0 amide bonds. The Morgan fingerprint density at radius 3 is 2.91 bits per heavy atom. The standard InChI is InChI=1S/C15H20N6O/c1-11-8-14(18-10-17-11)21-6-7-22-12(9-21)15-16-5-4-13(19-15)20(2)3/h4-5,8,10,12H,6-7,9H2,1-3H3. The maximum atomic E-state index is 5.85. The van der Waals surface area contributed by atoms with Crippen LogP contribution in [0.2, 0.25) is 0 Å². The minimum Gasteiger partial charge on any atom is -0.367 e. The van der Waals surface area contributed by atoms with Gasteiger partial charge in [-0.3, -0.25) is 0 Å². The molecule has 0 N–H and O–H groups in total. The van der Waals surface area contributed by atoms with E-state index in [0.29, 0.717) is 19.0 Å². The summed E-state index contributed by atoms with van der Waals surface area (Å²) in [5.41, 5.74) is 0.957. The molecule has 2 aromatic heterocycles. The van der Waals surface area contributed by atoms with E-state index in [0.717, 1.165) is 23.9 Å². The summed E-state index contributed by atoms with van der Waals surface area (Å²) in [4.78, 5) is 21.6. The van der Waals surface area contributed by atoms with Crippen molar-refractivity contribution < 1.29 is 4.74 Å². The number of nitrogens with zero attached hydrogens (tertiary/aromatic N) is 6. The molecule has 116 valence electrons. The molecule has 2 aromatic rings. The third-order valence-corrected chi connectivity index (χ3v) is 3.59. The van der Waals surface area contributed by atoms with Crippen LogP contribution in [-0.2, 0) is 4.74 Å². The zero-order chi connectivity index (χ0) is 15.5. The molecule has 0 saturated carbocycles. The normalized spacial score (nSPS) is 18.3. The summed E-state index contributed by atoms with van der Waals surface area (Å²) in [7, 11) is 3.92. The van der Waals surface area contributed by atoms with E-state index in [1.165, 1.54) is 0 Å². The van der Waals surface area contributed by atoms with E-state index in [4.69, 9.17) is 4.74 Å². The van der Waals surface area contributed by atoms with Crippen molar-refractivity contribution >= 4 is 11.6 Å². The number of anilines is 2. The van der Waals surface area contributed by atoms with E-state index in [-0.39, 0.29) is 6.10 Å². The Balaban J connectivity index is 1.79. The molecule has 1 fully saturated rings. The molecule has 22 heavy (non-hydrogen) atoms. The fourth-order valence-electron chi connectivity index (χ4n) is 2.39. The second-order valence-electron chi connectivity index (χ2n) is 5.49. The van der Waals surface area contributed by atoms with Gasteiger partial charge in [0.05, 0.1) is 13.2 Å². The zero-order valence-electron chi connectivity index (χ0n) is 13.1. The van der Waals surface area contributed by atoms with Gasteiger partial charge < -0.3 is 14.5 Å². The van der Waals surface area contributed by atoms with Gasteiger partial charge in [0.2, 0.25) is 0 Å². The quantitative estimate of drug-likeness (QED) is 0.844. The molecule has 1 atom stereocenters. The van der Waals surface area contributed by atoms with E-state index in [2.05, 4.69) is 24.8 Å². The lowest BCUT2D eigenvalue weighted by atomic mass is 10.2. The van der Waals surface area contributed by atoms with Crippen molar-refractivity contribution in [3.63, 3.8) is 0 Å². The highest BCUT2D eigenvalue weighted by Gasteiger charge is 2.25. The smallest absolute Gasteiger partial charge is 0.161 e. The van der Waals surface area contributed by atoms with E-state index < -0.39 is 0 Å². The van der Waals surface area contributed by atoms with Crippen LogP contribution in [0.5, 0.6) is 0 Å². The minimum absolute atomic E-state index is 0.149.